The van der Waals surface area contributed by atoms with Gasteiger partial charge in [0.15, 0.2) is 17.2 Å². The van der Waals surface area contributed by atoms with E-state index in [4.69, 9.17) is 4.74 Å². The Kier molecular flexibility index (Phi) is 7.43. The molecule has 4 aromatic rings. The number of H-pyrrole nitrogens is 1. The van der Waals surface area contributed by atoms with E-state index in [1.165, 1.54) is 60.7 Å². The highest BCUT2D eigenvalue weighted by Gasteiger charge is 2.43. The van der Waals surface area contributed by atoms with E-state index in [-0.39, 0.29) is 47.1 Å². The van der Waals surface area contributed by atoms with Crippen LogP contribution < -0.4 is 4.74 Å². The quantitative estimate of drug-likeness (QED) is 0.233. The number of carboxylic acid groups (broad SMARTS) is 1. The first-order valence-electron chi connectivity index (χ1n) is 12.8. The van der Waals surface area contributed by atoms with Crippen molar-refractivity contribution in [2.24, 2.45) is 5.10 Å². The Hall–Kier alpha value is -4.81. The van der Waals surface area contributed by atoms with E-state index in [1.807, 2.05) is 6.92 Å². The lowest BCUT2D eigenvalue weighted by Crippen LogP contribution is -2.48. The molecule has 2 aromatic heterocycles. The molecule has 1 aliphatic rings. The number of aromatic nitrogens is 3. The zero-order valence-corrected chi connectivity index (χ0v) is 22.3. The summed E-state index contributed by atoms with van der Waals surface area (Å²) in [7, 11) is 0. The summed E-state index contributed by atoms with van der Waals surface area (Å²) < 4.78 is 75.1. The molecule has 2 aromatic carbocycles. The SMILES string of the molecule is CCCOc1ccc(-c2ccc(C(C)(C(=O)O)N3Cc4[nH]c(-c5cccc(F)c5F)nc4C=N3)cn2)c(C(F)(F)F)c1. The van der Waals surface area contributed by atoms with E-state index in [9.17, 15) is 31.9 Å². The summed E-state index contributed by atoms with van der Waals surface area (Å²) in [6.07, 6.45) is -1.58. The second-order valence-electron chi connectivity index (χ2n) is 9.72. The number of imidazole rings is 1. The summed E-state index contributed by atoms with van der Waals surface area (Å²) in [5, 5.41) is 15.7. The molecule has 1 atom stereocenters. The number of aliphatic carboxylic acids is 1. The second kappa shape index (κ2) is 10.9. The molecule has 0 fully saturated rings. The predicted octanol–water partition coefficient (Wildman–Crippen LogP) is 6.37. The minimum atomic E-state index is -4.69. The van der Waals surface area contributed by atoms with Gasteiger partial charge in [0, 0.05) is 17.3 Å². The van der Waals surface area contributed by atoms with Crippen LogP contribution in [0.15, 0.2) is 59.8 Å². The minimum absolute atomic E-state index is 0.0133. The summed E-state index contributed by atoms with van der Waals surface area (Å²) >= 11 is 0. The van der Waals surface area contributed by atoms with Gasteiger partial charge >= 0.3 is 12.1 Å². The second-order valence-corrected chi connectivity index (χ2v) is 9.72. The third kappa shape index (κ3) is 5.17. The first-order chi connectivity index (χ1) is 19.9. The van der Waals surface area contributed by atoms with Gasteiger partial charge in [-0.3, -0.25) is 9.99 Å². The topological polar surface area (TPSA) is 104 Å². The van der Waals surface area contributed by atoms with Crippen LogP contribution in [0.25, 0.3) is 22.6 Å². The minimum Gasteiger partial charge on any atom is -0.494 e. The molecule has 0 saturated heterocycles. The number of hydrogen-bond donors (Lipinski definition) is 2. The maximum atomic E-state index is 14.3. The fourth-order valence-electron chi connectivity index (χ4n) is 4.57. The van der Waals surface area contributed by atoms with Gasteiger partial charge in [-0.05, 0) is 49.7 Å². The maximum Gasteiger partial charge on any atom is 0.417 e. The highest BCUT2D eigenvalue weighted by molar-refractivity contribution is 5.84. The molecule has 0 radical (unpaired) electrons. The molecule has 0 spiro atoms. The highest BCUT2D eigenvalue weighted by Crippen LogP contribution is 2.40. The first-order valence-corrected chi connectivity index (χ1v) is 12.8. The van der Waals surface area contributed by atoms with E-state index >= 15 is 0 Å². The molecule has 0 saturated carbocycles. The van der Waals surface area contributed by atoms with E-state index in [2.05, 4.69) is 20.1 Å². The van der Waals surface area contributed by atoms with Crippen LogP contribution in [0.1, 0.15) is 42.8 Å². The van der Waals surface area contributed by atoms with Gasteiger partial charge in [-0.1, -0.05) is 19.1 Å². The fraction of sp³-hybridized carbons (Fsp3) is 0.241. The molecule has 0 bridgehead atoms. The molecule has 2 N–H and O–H groups in total. The average Bonchev–Trinajstić information content (AvgIpc) is 3.40. The largest absolute Gasteiger partial charge is 0.494 e. The smallest absolute Gasteiger partial charge is 0.417 e. The molecule has 42 heavy (non-hydrogen) atoms. The lowest BCUT2D eigenvalue weighted by Gasteiger charge is -2.37. The van der Waals surface area contributed by atoms with Crippen LogP contribution >= 0.6 is 0 Å². The molecule has 0 aliphatic carbocycles. The highest BCUT2D eigenvalue weighted by atomic mass is 19.4. The number of carboxylic acids is 1. The van der Waals surface area contributed by atoms with Crippen LogP contribution in [-0.2, 0) is 23.1 Å². The van der Waals surface area contributed by atoms with Gasteiger partial charge in [0.2, 0.25) is 0 Å². The molecular weight excluding hydrogens is 561 g/mol. The van der Waals surface area contributed by atoms with Crippen molar-refractivity contribution in [3.8, 4) is 28.4 Å². The number of ether oxygens (including phenoxy) is 1. The summed E-state index contributed by atoms with van der Waals surface area (Å²) in [5.74, 6) is -3.32. The Morgan fingerprint density at radius 2 is 1.90 bits per heavy atom. The molecule has 5 rings (SSSR count). The molecule has 13 heteroatoms. The van der Waals surface area contributed by atoms with E-state index in [1.54, 1.807) is 0 Å². The lowest BCUT2D eigenvalue weighted by molar-refractivity contribution is -0.152. The molecule has 0 amide bonds. The van der Waals surface area contributed by atoms with Gasteiger partial charge in [0.25, 0.3) is 0 Å². The van der Waals surface area contributed by atoms with Crippen molar-refractivity contribution < 1.29 is 36.6 Å². The van der Waals surface area contributed by atoms with E-state index in [0.717, 1.165) is 12.1 Å². The number of pyridine rings is 1. The average molecular weight is 586 g/mol. The lowest BCUT2D eigenvalue weighted by atomic mass is 9.91. The number of hydrazone groups is 1. The van der Waals surface area contributed by atoms with Crippen LogP contribution in [0, 0.1) is 11.6 Å². The van der Waals surface area contributed by atoms with Crippen LogP contribution in [-0.4, -0.2) is 43.9 Å². The summed E-state index contributed by atoms with van der Waals surface area (Å²) in [4.78, 5) is 23.9. The van der Waals surface area contributed by atoms with Gasteiger partial charge in [-0.25, -0.2) is 18.6 Å². The van der Waals surface area contributed by atoms with Crippen LogP contribution in [0.3, 0.4) is 0 Å². The number of carbonyl (C=O) groups is 1. The van der Waals surface area contributed by atoms with Crippen molar-refractivity contribution in [1.82, 2.24) is 20.0 Å². The van der Waals surface area contributed by atoms with Gasteiger partial charge in [-0.2, -0.15) is 18.3 Å². The molecule has 218 valence electrons. The van der Waals surface area contributed by atoms with Crippen LogP contribution in [0.2, 0.25) is 0 Å². The Bertz CT molecular complexity index is 1670. The zero-order valence-electron chi connectivity index (χ0n) is 22.3. The summed E-state index contributed by atoms with van der Waals surface area (Å²) in [5.41, 5.74) is -2.18. The van der Waals surface area contributed by atoms with Gasteiger partial charge in [0.05, 0.1) is 41.9 Å². The number of aromatic amines is 1. The molecule has 1 aliphatic heterocycles. The normalized spacial score (nSPS) is 14.4. The molecule has 8 nitrogen and oxygen atoms in total. The molecular formula is C29H24F5N5O3. The number of nitrogens with one attached hydrogen (secondary N) is 1. The van der Waals surface area contributed by atoms with Crippen LogP contribution in [0.5, 0.6) is 5.75 Å². The van der Waals surface area contributed by atoms with Crippen molar-refractivity contribution in [2.75, 3.05) is 6.61 Å². The summed E-state index contributed by atoms with van der Waals surface area (Å²) in [6.45, 7) is 3.37. The molecule has 3 heterocycles. The molecule has 1 unspecified atom stereocenters. The van der Waals surface area contributed by atoms with Gasteiger partial charge < -0.3 is 14.8 Å². The number of hydrogen-bond acceptors (Lipinski definition) is 6. The van der Waals surface area contributed by atoms with E-state index < -0.39 is 34.9 Å². The summed E-state index contributed by atoms with van der Waals surface area (Å²) in [6, 6.07) is 9.95. The third-order valence-corrected chi connectivity index (χ3v) is 6.95. The number of rotatable bonds is 8. The van der Waals surface area contributed by atoms with Crippen molar-refractivity contribution in [2.45, 2.75) is 38.5 Å². The maximum absolute atomic E-state index is 14.3. The van der Waals surface area contributed by atoms with E-state index in [0.29, 0.717) is 17.8 Å². The Morgan fingerprint density at radius 3 is 2.57 bits per heavy atom. The van der Waals surface area contributed by atoms with Crippen LogP contribution in [0.4, 0.5) is 22.0 Å². The number of fused-ring (bicyclic) bond motifs is 1. The standard InChI is InChI=1S/C29H24F5N5O3/c1-3-11-42-17-8-9-18(20(12-17)29(32,33)34)22-10-7-16(13-35-22)28(2,27(40)41)39-15-24-23(14-36-39)37-26(38-24)19-5-4-6-21(30)25(19)31/h4-10,12-14H,3,11,15H2,1-2H3,(H,37,38)(H,40,41). The first kappa shape index (κ1) is 28.7. The Labute approximate surface area is 236 Å². The monoisotopic (exact) mass is 585 g/mol. The number of nitrogens with zero attached hydrogens (tertiary/aromatic N) is 4. The fourth-order valence-corrected chi connectivity index (χ4v) is 4.57. The number of benzene rings is 2. The predicted molar refractivity (Wildman–Crippen MR) is 143 cm³/mol. The zero-order chi connectivity index (χ0) is 30.2. The Morgan fingerprint density at radius 1 is 1.12 bits per heavy atom. The van der Waals surface area contributed by atoms with Crippen molar-refractivity contribution in [3.63, 3.8) is 0 Å². The van der Waals surface area contributed by atoms with Gasteiger partial charge in [-0.15, -0.1) is 0 Å². The van der Waals surface area contributed by atoms with Gasteiger partial charge in [0.1, 0.15) is 17.3 Å². The number of alkyl halides is 3. The van der Waals surface area contributed by atoms with Crippen molar-refractivity contribution >= 4 is 12.2 Å². The van der Waals surface area contributed by atoms with Crippen molar-refractivity contribution in [1.29, 1.82) is 0 Å². The van der Waals surface area contributed by atoms with Crippen molar-refractivity contribution in [3.05, 3.63) is 88.9 Å². The third-order valence-electron chi connectivity index (χ3n) is 6.95. The Balaban J connectivity index is 1.45. The number of halogens is 5.